The van der Waals surface area contributed by atoms with Gasteiger partial charge in [0.05, 0.1) is 5.69 Å². The minimum atomic E-state index is -0.452. The van der Waals surface area contributed by atoms with Gasteiger partial charge in [-0.05, 0) is 53.2 Å². The van der Waals surface area contributed by atoms with E-state index in [4.69, 9.17) is 0 Å². The summed E-state index contributed by atoms with van der Waals surface area (Å²) in [6, 6.07) is 7.25. The third-order valence-electron chi connectivity index (χ3n) is 2.43. The molecule has 0 saturated carbocycles. The molecule has 0 unspecified atom stereocenters. The van der Waals surface area contributed by atoms with Gasteiger partial charge >= 0.3 is 0 Å². The fraction of sp³-hybridized carbons (Fsp3) is 0.154. The maximum atomic E-state index is 13.1. The molecule has 2 aromatic rings. The van der Waals surface area contributed by atoms with Crippen LogP contribution in [0.1, 0.15) is 17.4 Å². The average Bonchev–Trinajstić information content (AvgIpc) is 2.44. The first kappa shape index (κ1) is 14.4. The van der Waals surface area contributed by atoms with E-state index < -0.39 is 11.7 Å². The van der Waals surface area contributed by atoms with E-state index in [9.17, 15) is 9.18 Å². The molecule has 0 bridgehead atoms. The SMILES string of the molecule is CCNc1ccc(C(=O)Nc2cc(F)ccc2Br)nn1. The number of anilines is 2. The lowest BCUT2D eigenvalue weighted by molar-refractivity contribution is 0.102. The number of nitrogens with one attached hydrogen (secondary N) is 2. The van der Waals surface area contributed by atoms with E-state index in [1.165, 1.54) is 18.2 Å². The van der Waals surface area contributed by atoms with E-state index in [2.05, 4.69) is 36.8 Å². The van der Waals surface area contributed by atoms with Gasteiger partial charge < -0.3 is 10.6 Å². The highest BCUT2D eigenvalue weighted by Crippen LogP contribution is 2.23. The molecule has 0 aliphatic carbocycles. The standard InChI is InChI=1S/C13H12BrFN4O/c1-2-16-12-6-5-10(18-19-12)13(20)17-11-7-8(15)3-4-9(11)14/h3-7H,2H2,1H3,(H,16,19)(H,17,20). The van der Waals surface area contributed by atoms with E-state index in [-0.39, 0.29) is 5.69 Å². The van der Waals surface area contributed by atoms with Gasteiger partial charge in [0, 0.05) is 11.0 Å². The second-order valence-electron chi connectivity index (χ2n) is 3.91. The fourth-order valence-corrected chi connectivity index (χ4v) is 1.85. The largest absolute Gasteiger partial charge is 0.369 e. The molecule has 7 heteroatoms. The van der Waals surface area contributed by atoms with Gasteiger partial charge in [0.2, 0.25) is 0 Å². The lowest BCUT2D eigenvalue weighted by atomic mass is 10.3. The number of benzene rings is 1. The number of carbonyl (C=O) groups is 1. The molecule has 1 aromatic carbocycles. The molecule has 20 heavy (non-hydrogen) atoms. The number of aromatic nitrogens is 2. The highest BCUT2D eigenvalue weighted by molar-refractivity contribution is 9.10. The summed E-state index contributed by atoms with van der Waals surface area (Å²) in [7, 11) is 0. The first-order valence-electron chi connectivity index (χ1n) is 5.94. The number of halogens is 2. The van der Waals surface area contributed by atoms with E-state index in [1.54, 1.807) is 12.1 Å². The molecular weight excluding hydrogens is 327 g/mol. The Morgan fingerprint density at radius 3 is 2.75 bits per heavy atom. The van der Waals surface area contributed by atoms with Crippen molar-refractivity contribution >= 4 is 33.3 Å². The zero-order valence-corrected chi connectivity index (χ0v) is 12.2. The van der Waals surface area contributed by atoms with Crippen molar-refractivity contribution in [3.05, 3.63) is 46.3 Å². The molecule has 0 saturated heterocycles. The van der Waals surface area contributed by atoms with E-state index in [1.807, 2.05) is 6.92 Å². The Balaban J connectivity index is 2.13. The molecule has 1 amide bonds. The van der Waals surface area contributed by atoms with Crippen molar-refractivity contribution < 1.29 is 9.18 Å². The minimum absolute atomic E-state index is 0.155. The zero-order chi connectivity index (χ0) is 14.5. The van der Waals surface area contributed by atoms with Gasteiger partial charge in [-0.3, -0.25) is 4.79 Å². The third-order valence-corrected chi connectivity index (χ3v) is 3.12. The van der Waals surface area contributed by atoms with Crippen molar-refractivity contribution in [3.8, 4) is 0 Å². The maximum Gasteiger partial charge on any atom is 0.276 e. The number of nitrogens with zero attached hydrogens (tertiary/aromatic N) is 2. The van der Waals surface area contributed by atoms with Crippen LogP contribution in [0.15, 0.2) is 34.8 Å². The molecule has 1 aromatic heterocycles. The van der Waals surface area contributed by atoms with Gasteiger partial charge in [0.1, 0.15) is 11.6 Å². The molecule has 0 atom stereocenters. The van der Waals surface area contributed by atoms with Crippen LogP contribution in [0.3, 0.4) is 0 Å². The van der Waals surface area contributed by atoms with E-state index >= 15 is 0 Å². The molecule has 0 spiro atoms. The molecule has 0 radical (unpaired) electrons. The number of hydrogen-bond donors (Lipinski definition) is 2. The van der Waals surface area contributed by atoms with Gasteiger partial charge in [-0.2, -0.15) is 0 Å². The van der Waals surface area contributed by atoms with Crippen molar-refractivity contribution in [2.45, 2.75) is 6.92 Å². The quantitative estimate of drug-likeness (QED) is 0.898. The predicted molar refractivity (Wildman–Crippen MR) is 78.2 cm³/mol. The molecule has 0 fully saturated rings. The Hall–Kier alpha value is -2.02. The average molecular weight is 339 g/mol. The van der Waals surface area contributed by atoms with E-state index in [0.29, 0.717) is 16.0 Å². The maximum absolute atomic E-state index is 13.1. The molecule has 5 nitrogen and oxygen atoms in total. The van der Waals surface area contributed by atoms with Crippen LogP contribution in [0.25, 0.3) is 0 Å². The van der Waals surface area contributed by atoms with Crippen molar-refractivity contribution in [2.75, 3.05) is 17.2 Å². The summed E-state index contributed by atoms with van der Waals surface area (Å²) in [5.74, 6) is -0.292. The number of carbonyl (C=O) groups excluding carboxylic acids is 1. The smallest absolute Gasteiger partial charge is 0.276 e. The molecule has 0 aliphatic rings. The van der Waals surface area contributed by atoms with Crippen LogP contribution in [-0.4, -0.2) is 22.6 Å². The summed E-state index contributed by atoms with van der Waals surface area (Å²) < 4.78 is 13.7. The van der Waals surface area contributed by atoms with Gasteiger partial charge in [0.25, 0.3) is 5.91 Å². The molecule has 2 N–H and O–H groups in total. The van der Waals surface area contributed by atoms with Crippen LogP contribution in [0.4, 0.5) is 15.9 Å². The third kappa shape index (κ3) is 3.51. The summed E-state index contributed by atoms with van der Waals surface area (Å²) in [5.41, 5.74) is 0.496. The summed E-state index contributed by atoms with van der Waals surface area (Å²) in [6.45, 7) is 2.65. The Labute approximate surface area is 123 Å². The van der Waals surface area contributed by atoms with Crippen LogP contribution in [-0.2, 0) is 0 Å². The summed E-state index contributed by atoms with van der Waals surface area (Å²) in [6.07, 6.45) is 0. The fourth-order valence-electron chi connectivity index (χ4n) is 1.51. The number of hydrogen-bond acceptors (Lipinski definition) is 4. The van der Waals surface area contributed by atoms with Crippen molar-refractivity contribution in [1.82, 2.24) is 10.2 Å². The topological polar surface area (TPSA) is 66.9 Å². The second-order valence-corrected chi connectivity index (χ2v) is 4.77. The molecule has 2 rings (SSSR count). The first-order chi connectivity index (χ1) is 9.60. The molecule has 0 aliphatic heterocycles. The van der Waals surface area contributed by atoms with Crippen LogP contribution in [0, 0.1) is 5.82 Å². The van der Waals surface area contributed by atoms with E-state index in [0.717, 1.165) is 6.54 Å². The number of rotatable bonds is 4. The van der Waals surface area contributed by atoms with Crippen LogP contribution in [0.5, 0.6) is 0 Å². The summed E-state index contributed by atoms with van der Waals surface area (Å²) in [5, 5.41) is 13.2. The van der Waals surface area contributed by atoms with Crippen LogP contribution < -0.4 is 10.6 Å². The zero-order valence-electron chi connectivity index (χ0n) is 10.7. The second kappa shape index (κ2) is 6.42. The highest BCUT2D eigenvalue weighted by Gasteiger charge is 2.11. The normalized spacial score (nSPS) is 10.2. The predicted octanol–water partition coefficient (Wildman–Crippen LogP) is 3.06. The van der Waals surface area contributed by atoms with Crippen molar-refractivity contribution in [1.29, 1.82) is 0 Å². The van der Waals surface area contributed by atoms with Gasteiger partial charge in [0.15, 0.2) is 5.69 Å². The van der Waals surface area contributed by atoms with Crippen LogP contribution in [0.2, 0.25) is 0 Å². The lowest BCUT2D eigenvalue weighted by Crippen LogP contribution is -2.15. The summed E-state index contributed by atoms with van der Waals surface area (Å²) in [4.78, 5) is 12.0. The van der Waals surface area contributed by atoms with Gasteiger partial charge in [-0.15, -0.1) is 10.2 Å². The summed E-state index contributed by atoms with van der Waals surface area (Å²) >= 11 is 3.24. The molecule has 1 heterocycles. The minimum Gasteiger partial charge on any atom is -0.369 e. The van der Waals surface area contributed by atoms with Gasteiger partial charge in [-0.1, -0.05) is 0 Å². The van der Waals surface area contributed by atoms with Gasteiger partial charge in [-0.25, -0.2) is 4.39 Å². The molecular formula is C13H12BrFN4O. The van der Waals surface area contributed by atoms with Crippen molar-refractivity contribution in [2.24, 2.45) is 0 Å². The Morgan fingerprint density at radius 1 is 1.30 bits per heavy atom. The Bertz CT molecular complexity index is 618. The first-order valence-corrected chi connectivity index (χ1v) is 6.73. The Morgan fingerprint density at radius 2 is 2.10 bits per heavy atom. The highest BCUT2D eigenvalue weighted by atomic mass is 79.9. The monoisotopic (exact) mass is 338 g/mol. The van der Waals surface area contributed by atoms with Crippen LogP contribution >= 0.6 is 15.9 Å². The lowest BCUT2D eigenvalue weighted by Gasteiger charge is -2.07. The number of amides is 1. The molecule has 104 valence electrons. The Kier molecular flexibility index (Phi) is 4.62. The van der Waals surface area contributed by atoms with Crippen molar-refractivity contribution in [3.63, 3.8) is 0 Å².